The molecule has 1 aliphatic rings. The molecule has 0 aromatic carbocycles. The monoisotopic (exact) mass is 376 g/mol. The second-order valence-electron chi connectivity index (χ2n) is 6.50. The maximum atomic E-state index is 12.1. The zero-order valence-electron chi connectivity index (χ0n) is 15.0. The maximum Gasteiger partial charge on any atom is 0.222 e. The van der Waals surface area contributed by atoms with E-state index in [2.05, 4.69) is 25.9 Å². The fourth-order valence-corrected chi connectivity index (χ4v) is 2.98. The Bertz CT molecular complexity index is 740. The van der Waals surface area contributed by atoms with Crippen LogP contribution in [0.2, 0.25) is 0 Å². The fourth-order valence-electron chi connectivity index (χ4n) is 2.98. The molecule has 0 saturated carbocycles. The lowest BCUT2D eigenvalue weighted by Crippen LogP contribution is -2.36. The van der Waals surface area contributed by atoms with Crippen molar-refractivity contribution in [2.45, 2.75) is 50.5 Å². The number of nitrogens with one attached hydrogen (secondary N) is 2. The molecule has 146 valence electrons. The summed E-state index contributed by atoms with van der Waals surface area (Å²) < 4.78 is 7.26. The van der Waals surface area contributed by atoms with E-state index in [1.807, 2.05) is 13.1 Å². The molecule has 4 N–H and O–H groups in total. The predicted molar refractivity (Wildman–Crippen MR) is 94.2 cm³/mol. The number of hydrogen-bond donors (Lipinski definition) is 4. The Morgan fingerprint density at radius 2 is 2.11 bits per heavy atom. The van der Waals surface area contributed by atoms with Gasteiger partial charge in [0.05, 0.1) is 24.8 Å². The van der Waals surface area contributed by atoms with Crippen LogP contribution in [-0.2, 0) is 29.2 Å². The zero-order chi connectivity index (χ0) is 19.2. The molecule has 1 amide bonds. The van der Waals surface area contributed by atoms with E-state index in [1.54, 1.807) is 29.3 Å². The van der Waals surface area contributed by atoms with E-state index in [0.717, 1.165) is 11.3 Å². The summed E-state index contributed by atoms with van der Waals surface area (Å²) in [5, 5.41) is 34.1. The minimum absolute atomic E-state index is 0.0443. The Labute approximate surface area is 156 Å². The molecular formula is C17H24N6O4. The van der Waals surface area contributed by atoms with Gasteiger partial charge in [-0.1, -0.05) is 11.3 Å². The molecule has 0 spiro atoms. The maximum absolute atomic E-state index is 12.1. The highest BCUT2D eigenvalue weighted by Crippen LogP contribution is 2.24. The highest BCUT2D eigenvalue weighted by molar-refractivity contribution is 5.76. The first-order valence-electron chi connectivity index (χ1n) is 8.77. The van der Waals surface area contributed by atoms with Crippen LogP contribution in [0.25, 0.3) is 0 Å². The molecule has 3 rings (SSSR count). The standard InChI is InChI=1S/C17H24N6O4/c1-18-8-12-9-23(22-21-12)10-14-17(26)16(25)13(27-14)5-15(24)20-7-11-3-2-4-19-6-11/h2-4,6,9,13-14,16-18,25-26H,5,7-8,10H2,1H3,(H,20,24)/t13-,14+,16-,17+/m0/s1. The van der Waals surface area contributed by atoms with E-state index in [-0.39, 0.29) is 18.9 Å². The molecule has 10 nitrogen and oxygen atoms in total. The van der Waals surface area contributed by atoms with Crippen molar-refractivity contribution in [1.82, 2.24) is 30.6 Å². The Morgan fingerprint density at radius 3 is 2.85 bits per heavy atom. The van der Waals surface area contributed by atoms with E-state index in [0.29, 0.717) is 13.1 Å². The number of aliphatic hydroxyl groups excluding tert-OH is 2. The van der Waals surface area contributed by atoms with Crippen molar-refractivity contribution in [3.63, 3.8) is 0 Å². The van der Waals surface area contributed by atoms with Gasteiger partial charge in [-0.3, -0.25) is 9.78 Å². The first-order chi connectivity index (χ1) is 13.1. The lowest BCUT2D eigenvalue weighted by atomic mass is 10.1. The van der Waals surface area contributed by atoms with Gasteiger partial charge in [0.15, 0.2) is 0 Å². The third-order valence-corrected chi connectivity index (χ3v) is 4.37. The van der Waals surface area contributed by atoms with Crippen LogP contribution in [0.15, 0.2) is 30.7 Å². The Hall–Kier alpha value is -2.40. The molecule has 4 atom stereocenters. The number of amides is 1. The number of hydrogen-bond acceptors (Lipinski definition) is 8. The molecule has 3 heterocycles. The molecule has 2 aromatic heterocycles. The molecule has 0 radical (unpaired) electrons. The lowest BCUT2D eigenvalue weighted by Gasteiger charge is -2.14. The molecular weight excluding hydrogens is 352 g/mol. The SMILES string of the molecule is CNCc1cn(C[C@H]2O[C@@H](CC(=O)NCc3cccnc3)[C@H](O)[C@@H]2O)nn1. The molecule has 0 aliphatic carbocycles. The molecule has 2 aromatic rings. The Balaban J connectivity index is 1.50. The summed E-state index contributed by atoms with van der Waals surface area (Å²) in [6.45, 7) is 1.16. The van der Waals surface area contributed by atoms with Crippen LogP contribution >= 0.6 is 0 Å². The van der Waals surface area contributed by atoms with Crippen LogP contribution in [-0.4, -0.2) is 67.6 Å². The number of ether oxygens (including phenoxy) is 1. The summed E-state index contributed by atoms with van der Waals surface area (Å²) in [6, 6.07) is 3.65. The van der Waals surface area contributed by atoms with Crippen LogP contribution in [0, 0.1) is 0 Å². The van der Waals surface area contributed by atoms with Gasteiger partial charge in [0.25, 0.3) is 0 Å². The summed E-state index contributed by atoms with van der Waals surface area (Å²) in [5.74, 6) is -0.271. The third-order valence-electron chi connectivity index (χ3n) is 4.37. The Morgan fingerprint density at radius 1 is 1.30 bits per heavy atom. The molecule has 0 unspecified atom stereocenters. The quantitative estimate of drug-likeness (QED) is 0.441. The first kappa shape index (κ1) is 19.4. The highest BCUT2D eigenvalue weighted by atomic mass is 16.5. The van der Waals surface area contributed by atoms with Crippen LogP contribution in [0.3, 0.4) is 0 Å². The van der Waals surface area contributed by atoms with E-state index in [9.17, 15) is 15.0 Å². The topological polar surface area (TPSA) is 134 Å². The summed E-state index contributed by atoms with van der Waals surface area (Å²) in [4.78, 5) is 16.1. The van der Waals surface area contributed by atoms with Crippen LogP contribution in [0.4, 0.5) is 0 Å². The Kier molecular flexibility index (Phi) is 6.45. The number of nitrogens with zero attached hydrogens (tertiary/aromatic N) is 4. The average Bonchev–Trinajstić information content (AvgIpc) is 3.21. The molecule has 0 bridgehead atoms. The van der Waals surface area contributed by atoms with Crippen molar-refractivity contribution in [2.24, 2.45) is 0 Å². The predicted octanol–water partition coefficient (Wildman–Crippen LogP) is -1.41. The summed E-state index contributed by atoms with van der Waals surface area (Å²) in [6.07, 6.45) is 1.34. The van der Waals surface area contributed by atoms with Gasteiger partial charge >= 0.3 is 0 Å². The first-order valence-corrected chi connectivity index (χ1v) is 8.77. The minimum Gasteiger partial charge on any atom is -0.388 e. The normalized spacial score (nSPS) is 24.9. The molecule has 1 saturated heterocycles. The molecule has 10 heteroatoms. The van der Waals surface area contributed by atoms with Gasteiger partial charge in [0, 0.05) is 31.7 Å². The second-order valence-corrected chi connectivity index (χ2v) is 6.50. The van der Waals surface area contributed by atoms with Crippen LogP contribution in [0.1, 0.15) is 17.7 Å². The van der Waals surface area contributed by atoms with Crippen molar-refractivity contribution in [1.29, 1.82) is 0 Å². The fraction of sp³-hybridized carbons (Fsp3) is 0.529. The van der Waals surface area contributed by atoms with Gasteiger partial charge in [-0.25, -0.2) is 4.68 Å². The smallest absolute Gasteiger partial charge is 0.222 e. The van der Waals surface area contributed by atoms with E-state index >= 15 is 0 Å². The van der Waals surface area contributed by atoms with Gasteiger partial charge in [-0.05, 0) is 18.7 Å². The highest BCUT2D eigenvalue weighted by Gasteiger charge is 2.43. The van der Waals surface area contributed by atoms with Gasteiger partial charge in [-0.15, -0.1) is 5.10 Å². The molecule has 1 fully saturated rings. The van der Waals surface area contributed by atoms with Gasteiger partial charge < -0.3 is 25.6 Å². The number of carbonyl (C=O) groups excluding carboxylic acids is 1. The summed E-state index contributed by atoms with van der Waals surface area (Å²) in [5.41, 5.74) is 1.64. The zero-order valence-corrected chi connectivity index (χ0v) is 15.0. The number of rotatable bonds is 8. The largest absolute Gasteiger partial charge is 0.388 e. The van der Waals surface area contributed by atoms with Crippen molar-refractivity contribution in [3.8, 4) is 0 Å². The molecule has 27 heavy (non-hydrogen) atoms. The summed E-state index contributed by atoms with van der Waals surface area (Å²) in [7, 11) is 1.81. The van der Waals surface area contributed by atoms with E-state index < -0.39 is 24.4 Å². The van der Waals surface area contributed by atoms with E-state index in [4.69, 9.17) is 4.74 Å². The lowest BCUT2D eigenvalue weighted by molar-refractivity contribution is -0.125. The van der Waals surface area contributed by atoms with Crippen molar-refractivity contribution in [2.75, 3.05) is 7.05 Å². The van der Waals surface area contributed by atoms with E-state index in [1.165, 1.54) is 0 Å². The average molecular weight is 376 g/mol. The summed E-state index contributed by atoms with van der Waals surface area (Å²) >= 11 is 0. The van der Waals surface area contributed by atoms with Crippen LogP contribution < -0.4 is 10.6 Å². The van der Waals surface area contributed by atoms with Crippen LogP contribution in [0.5, 0.6) is 0 Å². The van der Waals surface area contributed by atoms with Crippen molar-refractivity contribution < 1.29 is 19.7 Å². The molecule has 1 aliphatic heterocycles. The number of carbonyl (C=O) groups is 1. The number of pyridine rings is 1. The van der Waals surface area contributed by atoms with Crippen molar-refractivity contribution in [3.05, 3.63) is 42.0 Å². The number of aliphatic hydroxyl groups is 2. The third kappa shape index (κ3) is 5.07. The number of aromatic nitrogens is 4. The van der Waals surface area contributed by atoms with Gasteiger partial charge in [0.1, 0.15) is 18.3 Å². The van der Waals surface area contributed by atoms with Crippen molar-refractivity contribution >= 4 is 5.91 Å². The van der Waals surface area contributed by atoms with Gasteiger partial charge in [-0.2, -0.15) is 0 Å². The minimum atomic E-state index is -1.14. The second kappa shape index (κ2) is 9.00. The van der Waals surface area contributed by atoms with Gasteiger partial charge in [0.2, 0.25) is 5.91 Å².